The summed E-state index contributed by atoms with van der Waals surface area (Å²) in [5.41, 5.74) is 2.56. The van der Waals surface area contributed by atoms with E-state index in [4.69, 9.17) is 0 Å². The highest BCUT2D eigenvalue weighted by atomic mass is 15.0. The van der Waals surface area contributed by atoms with Gasteiger partial charge in [-0.05, 0) is 36.8 Å². The van der Waals surface area contributed by atoms with Crippen LogP contribution in [0.2, 0.25) is 0 Å². The second kappa shape index (κ2) is 5.33. The van der Waals surface area contributed by atoms with E-state index in [2.05, 4.69) is 29.4 Å². The highest BCUT2D eigenvalue weighted by Gasteiger charge is 2.17. The van der Waals surface area contributed by atoms with E-state index in [1.165, 1.54) is 36.9 Å². The number of rotatable bonds is 5. The second-order valence-corrected chi connectivity index (χ2v) is 4.75. The van der Waals surface area contributed by atoms with Gasteiger partial charge in [0.25, 0.3) is 0 Å². The van der Waals surface area contributed by atoms with E-state index in [0.717, 1.165) is 24.6 Å². The van der Waals surface area contributed by atoms with E-state index in [1.807, 2.05) is 7.05 Å². The van der Waals surface area contributed by atoms with Gasteiger partial charge >= 0.3 is 0 Å². The van der Waals surface area contributed by atoms with Crippen molar-refractivity contribution in [1.82, 2.24) is 4.98 Å². The molecule has 0 bridgehead atoms. The summed E-state index contributed by atoms with van der Waals surface area (Å²) in [5.74, 6) is 2.04. The molecule has 1 N–H and O–H groups in total. The standard InChI is InChI=1S/C14H22N2/c1-3-12-8-10-13(16-14(12)15-2)9-7-11-5-4-6-11/h8,10-11H,3-7,9H2,1-2H3,(H,15,16). The summed E-state index contributed by atoms with van der Waals surface area (Å²) >= 11 is 0. The fraction of sp³-hybridized carbons (Fsp3) is 0.643. The molecular formula is C14H22N2. The van der Waals surface area contributed by atoms with E-state index in [9.17, 15) is 0 Å². The molecule has 0 unspecified atom stereocenters. The van der Waals surface area contributed by atoms with Gasteiger partial charge < -0.3 is 5.32 Å². The van der Waals surface area contributed by atoms with Gasteiger partial charge in [-0.1, -0.05) is 32.3 Å². The topological polar surface area (TPSA) is 24.9 Å². The van der Waals surface area contributed by atoms with Crippen LogP contribution in [0, 0.1) is 5.92 Å². The zero-order valence-electron chi connectivity index (χ0n) is 10.4. The van der Waals surface area contributed by atoms with Crippen molar-refractivity contribution in [2.24, 2.45) is 5.92 Å². The molecule has 2 nitrogen and oxygen atoms in total. The molecule has 0 aliphatic heterocycles. The molecular weight excluding hydrogens is 196 g/mol. The minimum absolute atomic E-state index is 0.977. The molecule has 2 rings (SSSR count). The molecule has 88 valence electrons. The average Bonchev–Trinajstić information content (AvgIpc) is 2.26. The van der Waals surface area contributed by atoms with Crippen molar-refractivity contribution >= 4 is 5.82 Å². The summed E-state index contributed by atoms with van der Waals surface area (Å²) in [6.45, 7) is 2.17. The predicted molar refractivity (Wildman–Crippen MR) is 68.8 cm³/mol. The Morgan fingerprint density at radius 1 is 1.38 bits per heavy atom. The molecule has 1 aromatic rings. The molecule has 1 aliphatic rings. The van der Waals surface area contributed by atoms with Crippen molar-refractivity contribution in [3.63, 3.8) is 0 Å². The van der Waals surface area contributed by atoms with Crippen molar-refractivity contribution in [3.05, 3.63) is 23.4 Å². The van der Waals surface area contributed by atoms with Crippen LogP contribution in [0.1, 0.15) is 43.9 Å². The minimum atomic E-state index is 0.977. The van der Waals surface area contributed by atoms with E-state index >= 15 is 0 Å². The Morgan fingerprint density at radius 3 is 2.75 bits per heavy atom. The molecule has 0 atom stereocenters. The van der Waals surface area contributed by atoms with Crippen LogP contribution in [0.25, 0.3) is 0 Å². The lowest BCUT2D eigenvalue weighted by Gasteiger charge is -2.25. The van der Waals surface area contributed by atoms with E-state index in [0.29, 0.717) is 0 Å². The first-order valence-corrected chi connectivity index (χ1v) is 6.50. The zero-order valence-corrected chi connectivity index (χ0v) is 10.4. The summed E-state index contributed by atoms with van der Waals surface area (Å²) < 4.78 is 0. The van der Waals surface area contributed by atoms with Crippen LogP contribution in [-0.2, 0) is 12.8 Å². The molecule has 0 saturated heterocycles. The number of aryl methyl sites for hydroxylation is 2. The number of hydrogen-bond acceptors (Lipinski definition) is 2. The lowest BCUT2D eigenvalue weighted by molar-refractivity contribution is 0.295. The first kappa shape index (κ1) is 11.4. The van der Waals surface area contributed by atoms with Crippen LogP contribution in [0.5, 0.6) is 0 Å². The van der Waals surface area contributed by atoms with Crippen molar-refractivity contribution in [2.75, 3.05) is 12.4 Å². The predicted octanol–water partition coefficient (Wildman–Crippen LogP) is 3.42. The van der Waals surface area contributed by atoms with Gasteiger partial charge in [0.2, 0.25) is 0 Å². The van der Waals surface area contributed by atoms with Crippen LogP contribution in [0.4, 0.5) is 5.82 Å². The molecule has 1 aliphatic carbocycles. The van der Waals surface area contributed by atoms with Crippen LogP contribution in [-0.4, -0.2) is 12.0 Å². The first-order valence-electron chi connectivity index (χ1n) is 6.50. The minimum Gasteiger partial charge on any atom is -0.373 e. The number of nitrogens with zero attached hydrogens (tertiary/aromatic N) is 1. The highest BCUT2D eigenvalue weighted by molar-refractivity contribution is 5.44. The molecule has 1 fully saturated rings. The van der Waals surface area contributed by atoms with Gasteiger partial charge in [0.05, 0.1) is 0 Å². The molecule has 0 spiro atoms. The number of hydrogen-bond donors (Lipinski definition) is 1. The Hall–Kier alpha value is -1.05. The van der Waals surface area contributed by atoms with Crippen molar-refractivity contribution in [1.29, 1.82) is 0 Å². The third kappa shape index (κ3) is 2.55. The zero-order chi connectivity index (χ0) is 11.4. The van der Waals surface area contributed by atoms with Crippen LogP contribution >= 0.6 is 0 Å². The Morgan fingerprint density at radius 2 is 2.19 bits per heavy atom. The van der Waals surface area contributed by atoms with Crippen LogP contribution < -0.4 is 5.32 Å². The van der Waals surface area contributed by atoms with E-state index < -0.39 is 0 Å². The Balaban J connectivity index is 1.97. The summed E-state index contributed by atoms with van der Waals surface area (Å²) in [7, 11) is 1.96. The molecule has 0 radical (unpaired) electrons. The van der Waals surface area contributed by atoms with Crippen molar-refractivity contribution in [2.45, 2.75) is 45.4 Å². The van der Waals surface area contributed by atoms with Gasteiger partial charge in [-0.3, -0.25) is 0 Å². The molecule has 1 heterocycles. The number of pyridine rings is 1. The maximum atomic E-state index is 4.68. The Bertz CT molecular complexity index is 343. The number of nitrogens with one attached hydrogen (secondary N) is 1. The Kier molecular flexibility index (Phi) is 3.81. The summed E-state index contributed by atoms with van der Waals surface area (Å²) in [4.78, 5) is 4.68. The van der Waals surface area contributed by atoms with Crippen LogP contribution in [0.15, 0.2) is 12.1 Å². The Labute approximate surface area is 98.5 Å². The molecule has 16 heavy (non-hydrogen) atoms. The molecule has 1 saturated carbocycles. The number of aromatic nitrogens is 1. The molecule has 2 heteroatoms. The van der Waals surface area contributed by atoms with Gasteiger partial charge in [-0.25, -0.2) is 4.98 Å². The summed E-state index contributed by atoms with van der Waals surface area (Å²) in [6.07, 6.45) is 7.82. The van der Waals surface area contributed by atoms with Crippen molar-refractivity contribution < 1.29 is 0 Å². The summed E-state index contributed by atoms with van der Waals surface area (Å²) in [6, 6.07) is 4.41. The van der Waals surface area contributed by atoms with Crippen molar-refractivity contribution in [3.8, 4) is 0 Å². The SMILES string of the molecule is CCc1ccc(CCC2CCC2)nc1NC. The first-order chi connectivity index (χ1) is 7.83. The lowest BCUT2D eigenvalue weighted by atomic mass is 9.82. The molecule has 0 aromatic carbocycles. The summed E-state index contributed by atoms with van der Waals surface area (Å²) in [5, 5.41) is 3.19. The molecule has 1 aromatic heterocycles. The van der Waals surface area contributed by atoms with Gasteiger partial charge in [0.1, 0.15) is 5.82 Å². The second-order valence-electron chi connectivity index (χ2n) is 4.75. The van der Waals surface area contributed by atoms with Gasteiger partial charge in [0.15, 0.2) is 0 Å². The quantitative estimate of drug-likeness (QED) is 0.819. The third-order valence-corrected chi connectivity index (χ3v) is 3.69. The average molecular weight is 218 g/mol. The van der Waals surface area contributed by atoms with Crippen LogP contribution in [0.3, 0.4) is 0 Å². The fourth-order valence-electron chi connectivity index (χ4n) is 2.30. The van der Waals surface area contributed by atoms with E-state index in [1.54, 1.807) is 0 Å². The normalized spacial score (nSPS) is 15.9. The largest absolute Gasteiger partial charge is 0.373 e. The fourth-order valence-corrected chi connectivity index (χ4v) is 2.30. The maximum absolute atomic E-state index is 4.68. The van der Waals surface area contributed by atoms with Gasteiger partial charge in [0, 0.05) is 12.7 Å². The third-order valence-electron chi connectivity index (χ3n) is 3.69. The number of anilines is 1. The highest BCUT2D eigenvalue weighted by Crippen LogP contribution is 2.30. The molecule has 0 amide bonds. The monoisotopic (exact) mass is 218 g/mol. The van der Waals surface area contributed by atoms with Gasteiger partial charge in [-0.15, -0.1) is 0 Å². The lowest BCUT2D eigenvalue weighted by Crippen LogP contribution is -2.12. The van der Waals surface area contributed by atoms with Gasteiger partial charge in [-0.2, -0.15) is 0 Å². The smallest absolute Gasteiger partial charge is 0.129 e. The maximum Gasteiger partial charge on any atom is 0.129 e. The van der Waals surface area contributed by atoms with E-state index in [-0.39, 0.29) is 0 Å².